The highest BCUT2D eigenvalue weighted by molar-refractivity contribution is 7.87. The Hall–Kier alpha value is -4.45. The van der Waals surface area contributed by atoms with Crippen LogP contribution in [0.15, 0.2) is 76.7 Å². The molecule has 182 valence electrons. The summed E-state index contributed by atoms with van der Waals surface area (Å²) in [5.74, 6) is -0.0142. The van der Waals surface area contributed by atoms with E-state index in [1.54, 1.807) is 6.92 Å². The SMILES string of the molecule is CCOc1cc(/C=N\NC(=O)c2cccc([N+](=O)[O-])c2)ccc1OS(=O)(=O)c1ccc(OC)cc1. The van der Waals surface area contributed by atoms with Crippen LogP contribution in [0.25, 0.3) is 0 Å². The van der Waals surface area contributed by atoms with E-state index in [0.717, 1.165) is 6.07 Å². The van der Waals surface area contributed by atoms with Gasteiger partial charge in [0.25, 0.3) is 11.6 Å². The van der Waals surface area contributed by atoms with Crippen LogP contribution in [0.1, 0.15) is 22.8 Å². The molecule has 0 bridgehead atoms. The number of methoxy groups -OCH3 is 1. The maximum Gasteiger partial charge on any atom is 0.339 e. The van der Waals surface area contributed by atoms with Crippen molar-refractivity contribution >= 4 is 27.9 Å². The van der Waals surface area contributed by atoms with E-state index < -0.39 is 20.9 Å². The second-order valence-corrected chi connectivity index (χ2v) is 8.41. The van der Waals surface area contributed by atoms with Crippen molar-refractivity contribution in [2.45, 2.75) is 11.8 Å². The molecule has 0 aliphatic rings. The van der Waals surface area contributed by atoms with Gasteiger partial charge in [-0.25, -0.2) is 5.43 Å². The normalized spacial score (nSPS) is 11.1. The fourth-order valence-corrected chi connectivity index (χ4v) is 3.78. The largest absolute Gasteiger partial charge is 0.497 e. The van der Waals surface area contributed by atoms with E-state index in [1.165, 1.54) is 74.0 Å². The molecule has 0 spiro atoms. The Morgan fingerprint density at radius 1 is 1.09 bits per heavy atom. The van der Waals surface area contributed by atoms with Gasteiger partial charge in [0, 0.05) is 17.7 Å². The molecule has 0 saturated carbocycles. The van der Waals surface area contributed by atoms with Crippen LogP contribution in [0, 0.1) is 10.1 Å². The summed E-state index contributed by atoms with van der Waals surface area (Å²) in [6.45, 7) is 1.96. The molecule has 0 radical (unpaired) electrons. The quantitative estimate of drug-likeness (QED) is 0.193. The highest BCUT2D eigenvalue weighted by Crippen LogP contribution is 2.31. The van der Waals surface area contributed by atoms with Crippen LogP contribution < -0.4 is 19.1 Å². The molecule has 35 heavy (non-hydrogen) atoms. The molecule has 1 amide bonds. The molecular weight excluding hydrogens is 478 g/mol. The number of benzene rings is 3. The number of nitro benzene ring substituents is 1. The number of nitro groups is 1. The molecule has 1 N–H and O–H groups in total. The van der Waals surface area contributed by atoms with Crippen LogP contribution in [0.5, 0.6) is 17.2 Å². The first-order valence-corrected chi connectivity index (χ1v) is 11.6. The summed E-state index contributed by atoms with van der Waals surface area (Å²) in [6, 6.07) is 15.3. The summed E-state index contributed by atoms with van der Waals surface area (Å²) in [5, 5.41) is 14.7. The van der Waals surface area contributed by atoms with Gasteiger partial charge in [-0.2, -0.15) is 13.5 Å². The van der Waals surface area contributed by atoms with Crippen molar-refractivity contribution in [2.24, 2.45) is 5.10 Å². The lowest BCUT2D eigenvalue weighted by Crippen LogP contribution is -2.17. The lowest BCUT2D eigenvalue weighted by molar-refractivity contribution is -0.384. The molecule has 0 saturated heterocycles. The minimum atomic E-state index is -4.13. The average Bonchev–Trinajstić information content (AvgIpc) is 2.85. The van der Waals surface area contributed by atoms with E-state index in [9.17, 15) is 23.3 Å². The number of rotatable bonds is 10. The number of nitrogens with zero attached hydrogens (tertiary/aromatic N) is 2. The van der Waals surface area contributed by atoms with Crippen molar-refractivity contribution in [1.29, 1.82) is 0 Å². The van der Waals surface area contributed by atoms with Gasteiger partial charge in [0.1, 0.15) is 10.6 Å². The molecule has 0 aromatic heterocycles. The van der Waals surface area contributed by atoms with Gasteiger partial charge in [0.2, 0.25) is 0 Å². The fraction of sp³-hybridized carbons (Fsp3) is 0.130. The topological polar surface area (TPSA) is 146 Å². The van der Waals surface area contributed by atoms with Crippen molar-refractivity contribution in [2.75, 3.05) is 13.7 Å². The highest BCUT2D eigenvalue weighted by atomic mass is 32.2. The third kappa shape index (κ3) is 6.54. The average molecular weight is 500 g/mol. The summed E-state index contributed by atoms with van der Waals surface area (Å²) in [4.78, 5) is 22.4. The summed E-state index contributed by atoms with van der Waals surface area (Å²) < 4.78 is 41.1. The van der Waals surface area contributed by atoms with Crippen molar-refractivity contribution < 1.29 is 31.8 Å². The third-order valence-electron chi connectivity index (χ3n) is 4.51. The van der Waals surface area contributed by atoms with E-state index in [1.807, 2.05) is 0 Å². The molecule has 11 nitrogen and oxygen atoms in total. The minimum absolute atomic E-state index is 0.0274. The molecule has 12 heteroatoms. The zero-order valence-electron chi connectivity index (χ0n) is 18.7. The lowest BCUT2D eigenvalue weighted by atomic mass is 10.2. The van der Waals surface area contributed by atoms with E-state index in [4.69, 9.17) is 13.7 Å². The molecule has 3 aromatic carbocycles. The van der Waals surface area contributed by atoms with Gasteiger partial charge in [0.15, 0.2) is 11.5 Å². The zero-order chi connectivity index (χ0) is 25.4. The Morgan fingerprint density at radius 2 is 1.83 bits per heavy atom. The monoisotopic (exact) mass is 499 g/mol. The number of hydrogen-bond donors (Lipinski definition) is 1. The van der Waals surface area contributed by atoms with E-state index in [-0.39, 0.29) is 34.3 Å². The van der Waals surface area contributed by atoms with Crippen LogP contribution in [-0.4, -0.2) is 39.2 Å². The van der Waals surface area contributed by atoms with Crippen LogP contribution in [-0.2, 0) is 10.1 Å². The number of non-ortho nitro benzene ring substituents is 1. The third-order valence-corrected chi connectivity index (χ3v) is 5.76. The standard InChI is InChI=1S/C23H21N3O8S/c1-3-33-22-13-16(15-24-25-23(27)17-5-4-6-18(14-17)26(28)29)7-12-21(22)34-35(30,31)20-10-8-19(32-2)9-11-20/h4-15H,3H2,1-2H3,(H,25,27)/b24-15-. The number of ether oxygens (including phenoxy) is 2. The number of nitrogens with one attached hydrogen (secondary N) is 1. The van der Waals surface area contributed by atoms with Gasteiger partial charge >= 0.3 is 10.1 Å². The molecule has 0 aliphatic heterocycles. The van der Waals surface area contributed by atoms with Gasteiger partial charge in [-0.3, -0.25) is 14.9 Å². The molecule has 0 unspecified atom stereocenters. The maximum absolute atomic E-state index is 12.7. The van der Waals surface area contributed by atoms with Crippen LogP contribution >= 0.6 is 0 Å². The summed E-state index contributed by atoms with van der Waals surface area (Å²) >= 11 is 0. The van der Waals surface area contributed by atoms with Gasteiger partial charge in [0.05, 0.1) is 24.9 Å². The van der Waals surface area contributed by atoms with Crippen molar-refractivity contribution in [3.05, 3.63) is 88.0 Å². The second-order valence-electron chi connectivity index (χ2n) is 6.86. The van der Waals surface area contributed by atoms with E-state index in [0.29, 0.717) is 11.3 Å². The molecule has 0 atom stereocenters. The Kier molecular flexibility index (Phi) is 8.00. The Labute approximate surface area is 201 Å². The molecule has 0 heterocycles. The van der Waals surface area contributed by atoms with Gasteiger partial charge in [-0.15, -0.1) is 0 Å². The maximum atomic E-state index is 12.7. The smallest absolute Gasteiger partial charge is 0.339 e. The van der Waals surface area contributed by atoms with Crippen LogP contribution in [0.4, 0.5) is 5.69 Å². The van der Waals surface area contributed by atoms with Crippen molar-refractivity contribution in [3.63, 3.8) is 0 Å². The van der Waals surface area contributed by atoms with Crippen molar-refractivity contribution in [1.82, 2.24) is 5.43 Å². The van der Waals surface area contributed by atoms with E-state index in [2.05, 4.69) is 10.5 Å². The number of hydrazone groups is 1. The molecule has 3 aromatic rings. The second kappa shape index (κ2) is 11.1. The summed E-state index contributed by atoms with van der Waals surface area (Å²) in [7, 11) is -2.66. The van der Waals surface area contributed by atoms with E-state index >= 15 is 0 Å². The van der Waals surface area contributed by atoms with Crippen molar-refractivity contribution in [3.8, 4) is 17.2 Å². The summed E-state index contributed by atoms with van der Waals surface area (Å²) in [6.07, 6.45) is 1.31. The Morgan fingerprint density at radius 3 is 2.49 bits per heavy atom. The van der Waals surface area contributed by atoms with Gasteiger partial charge in [-0.05, 0) is 61.0 Å². The molecule has 3 rings (SSSR count). The first-order chi connectivity index (χ1) is 16.7. The Bertz CT molecular complexity index is 1360. The molecule has 0 aliphatic carbocycles. The fourth-order valence-electron chi connectivity index (χ4n) is 2.84. The predicted molar refractivity (Wildman–Crippen MR) is 127 cm³/mol. The first kappa shape index (κ1) is 25.2. The number of carbonyl (C=O) groups excluding carboxylic acids is 1. The number of hydrogen-bond acceptors (Lipinski definition) is 9. The Balaban J connectivity index is 1.75. The zero-order valence-corrected chi connectivity index (χ0v) is 19.5. The molecule has 0 fully saturated rings. The van der Waals surface area contributed by atoms with Crippen LogP contribution in [0.3, 0.4) is 0 Å². The van der Waals surface area contributed by atoms with Crippen LogP contribution in [0.2, 0.25) is 0 Å². The number of carbonyl (C=O) groups is 1. The number of amides is 1. The lowest BCUT2D eigenvalue weighted by Gasteiger charge is -2.12. The summed E-state index contributed by atoms with van der Waals surface area (Å²) in [5.41, 5.74) is 2.60. The predicted octanol–water partition coefficient (Wildman–Crippen LogP) is 3.53. The highest BCUT2D eigenvalue weighted by Gasteiger charge is 2.20. The van der Waals surface area contributed by atoms with Gasteiger partial charge in [-0.1, -0.05) is 6.07 Å². The van der Waals surface area contributed by atoms with Gasteiger partial charge < -0.3 is 13.7 Å². The minimum Gasteiger partial charge on any atom is -0.497 e. The first-order valence-electron chi connectivity index (χ1n) is 10.2. The molecular formula is C23H21N3O8S.